The minimum atomic E-state index is 0.300. The average molecular weight is 271 g/mol. The van der Waals surface area contributed by atoms with Gasteiger partial charge in [-0.2, -0.15) is 0 Å². The molecular weight excluding hydrogens is 246 g/mol. The Morgan fingerprint density at radius 3 is 2.84 bits per heavy atom. The quantitative estimate of drug-likeness (QED) is 0.595. The molecular formula is C12H25N5O2. The SMILES string of the molecule is COCCNCc1nnnn1CCCCOC(C)C. The molecule has 19 heavy (non-hydrogen) atoms. The van der Waals surface area contributed by atoms with Crippen molar-refractivity contribution in [3.05, 3.63) is 5.82 Å². The summed E-state index contributed by atoms with van der Waals surface area (Å²) in [6.07, 6.45) is 2.34. The molecule has 0 aliphatic rings. The van der Waals surface area contributed by atoms with Gasteiger partial charge in [-0.25, -0.2) is 4.68 Å². The van der Waals surface area contributed by atoms with Gasteiger partial charge in [0.05, 0.1) is 19.3 Å². The molecule has 0 saturated heterocycles. The lowest BCUT2D eigenvalue weighted by atomic mass is 10.3. The molecule has 0 unspecified atom stereocenters. The Morgan fingerprint density at radius 2 is 2.11 bits per heavy atom. The number of aromatic nitrogens is 4. The summed E-state index contributed by atoms with van der Waals surface area (Å²) in [6.45, 7) is 7.87. The van der Waals surface area contributed by atoms with Gasteiger partial charge in [0, 0.05) is 26.8 Å². The predicted octanol–water partition coefficient (Wildman–Crippen LogP) is 0.614. The van der Waals surface area contributed by atoms with Crippen molar-refractivity contribution in [3.63, 3.8) is 0 Å². The number of nitrogens with zero attached hydrogens (tertiary/aromatic N) is 4. The summed E-state index contributed by atoms with van der Waals surface area (Å²) in [5.74, 6) is 0.862. The lowest BCUT2D eigenvalue weighted by Gasteiger charge is -2.08. The largest absolute Gasteiger partial charge is 0.383 e. The van der Waals surface area contributed by atoms with Crippen LogP contribution in [0.5, 0.6) is 0 Å². The molecule has 0 bridgehead atoms. The van der Waals surface area contributed by atoms with E-state index < -0.39 is 0 Å². The predicted molar refractivity (Wildman–Crippen MR) is 71.7 cm³/mol. The molecule has 1 heterocycles. The van der Waals surface area contributed by atoms with Crippen molar-refractivity contribution < 1.29 is 9.47 Å². The lowest BCUT2D eigenvalue weighted by molar-refractivity contribution is 0.0752. The molecule has 0 amide bonds. The molecule has 0 radical (unpaired) electrons. The number of aryl methyl sites for hydroxylation is 1. The average Bonchev–Trinajstić information content (AvgIpc) is 2.81. The first-order chi connectivity index (χ1) is 9.24. The zero-order chi connectivity index (χ0) is 13.9. The number of unbranched alkanes of at least 4 members (excludes halogenated alkanes) is 1. The minimum absolute atomic E-state index is 0.300. The first-order valence-electron chi connectivity index (χ1n) is 6.80. The first kappa shape index (κ1) is 16.0. The molecule has 1 aromatic rings. The highest BCUT2D eigenvalue weighted by molar-refractivity contribution is 4.79. The fourth-order valence-corrected chi connectivity index (χ4v) is 1.58. The van der Waals surface area contributed by atoms with Gasteiger partial charge in [-0.05, 0) is 37.1 Å². The lowest BCUT2D eigenvalue weighted by Crippen LogP contribution is -2.21. The molecule has 0 fully saturated rings. The Hall–Kier alpha value is -1.05. The van der Waals surface area contributed by atoms with Gasteiger partial charge in [0.1, 0.15) is 0 Å². The van der Waals surface area contributed by atoms with Gasteiger partial charge < -0.3 is 14.8 Å². The third kappa shape index (κ3) is 7.19. The molecule has 0 aliphatic heterocycles. The van der Waals surface area contributed by atoms with E-state index in [-0.39, 0.29) is 0 Å². The number of hydrogen-bond donors (Lipinski definition) is 1. The third-order valence-corrected chi connectivity index (χ3v) is 2.59. The highest BCUT2D eigenvalue weighted by atomic mass is 16.5. The molecule has 0 spiro atoms. The van der Waals surface area contributed by atoms with Crippen molar-refractivity contribution in [2.24, 2.45) is 0 Å². The van der Waals surface area contributed by atoms with Gasteiger partial charge in [-0.3, -0.25) is 0 Å². The zero-order valence-corrected chi connectivity index (χ0v) is 12.1. The van der Waals surface area contributed by atoms with Crippen LogP contribution < -0.4 is 5.32 Å². The topological polar surface area (TPSA) is 74.1 Å². The minimum Gasteiger partial charge on any atom is -0.383 e. The smallest absolute Gasteiger partial charge is 0.165 e. The second-order valence-corrected chi connectivity index (χ2v) is 4.61. The second kappa shape index (κ2) is 9.82. The Balaban J connectivity index is 2.17. The van der Waals surface area contributed by atoms with E-state index in [0.717, 1.165) is 38.4 Å². The third-order valence-electron chi connectivity index (χ3n) is 2.59. The van der Waals surface area contributed by atoms with Crippen LogP contribution in [-0.4, -0.2) is 53.2 Å². The fourth-order valence-electron chi connectivity index (χ4n) is 1.58. The molecule has 0 atom stereocenters. The molecule has 7 nitrogen and oxygen atoms in total. The number of hydrogen-bond acceptors (Lipinski definition) is 6. The summed E-state index contributed by atoms with van der Waals surface area (Å²) in [4.78, 5) is 0. The molecule has 0 aromatic carbocycles. The van der Waals surface area contributed by atoms with Gasteiger partial charge in [0.25, 0.3) is 0 Å². The van der Waals surface area contributed by atoms with Crippen LogP contribution in [0.15, 0.2) is 0 Å². The standard InChI is InChI=1S/C12H25N5O2/c1-11(2)19-8-5-4-7-17-12(14-15-16-17)10-13-6-9-18-3/h11,13H,4-10H2,1-3H3. The number of methoxy groups -OCH3 is 1. The van der Waals surface area contributed by atoms with Crippen molar-refractivity contribution in [1.82, 2.24) is 25.5 Å². The maximum atomic E-state index is 5.50. The molecule has 1 rings (SSSR count). The van der Waals surface area contributed by atoms with E-state index in [4.69, 9.17) is 9.47 Å². The number of nitrogens with one attached hydrogen (secondary N) is 1. The van der Waals surface area contributed by atoms with Crippen LogP contribution in [0.1, 0.15) is 32.5 Å². The van der Waals surface area contributed by atoms with E-state index in [1.54, 1.807) is 7.11 Å². The van der Waals surface area contributed by atoms with Crippen LogP contribution in [0.3, 0.4) is 0 Å². The maximum absolute atomic E-state index is 5.50. The normalized spacial score (nSPS) is 11.4. The summed E-state index contributed by atoms with van der Waals surface area (Å²) in [7, 11) is 1.69. The van der Waals surface area contributed by atoms with Crippen LogP contribution >= 0.6 is 0 Å². The molecule has 110 valence electrons. The van der Waals surface area contributed by atoms with Crippen molar-refractivity contribution in [2.45, 2.75) is 45.9 Å². The summed E-state index contributed by atoms with van der Waals surface area (Å²) >= 11 is 0. The Morgan fingerprint density at radius 1 is 1.26 bits per heavy atom. The van der Waals surface area contributed by atoms with E-state index in [9.17, 15) is 0 Å². The fraction of sp³-hybridized carbons (Fsp3) is 0.917. The highest BCUT2D eigenvalue weighted by Gasteiger charge is 2.05. The Bertz CT molecular complexity index is 330. The Kier molecular flexibility index (Phi) is 8.28. The number of tetrazole rings is 1. The van der Waals surface area contributed by atoms with Crippen LogP contribution in [0, 0.1) is 0 Å². The van der Waals surface area contributed by atoms with Gasteiger partial charge in [-0.15, -0.1) is 5.10 Å². The molecule has 1 N–H and O–H groups in total. The van der Waals surface area contributed by atoms with Gasteiger partial charge >= 0.3 is 0 Å². The van der Waals surface area contributed by atoms with Crippen LogP contribution in [0.25, 0.3) is 0 Å². The highest BCUT2D eigenvalue weighted by Crippen LogP contribution is 1.99. The van der Waals surface area contributed by atoms with E-state index >= 15 is 0 Å². The van der Waals surface area contributed by atoms with Crippen molar-refractivity contribution in [3.8, 4) is 0 Å². The Labute approximate surface area is 114 Å². The monoisotopic (exact) mass is 271 g/mol. The van der Waals surface area contributed by atoms with E-state index in [1.165, 1.54) is 0 Å². The van der Waals surface area contributed by atoms with Crippen LogP contribution in [0.2, 0.25) is 0 Å². The van der Waals surface area contributed by atoms with Gasteiger partial charge in [0.2, 0.25) is 0 Å². The molecule has 0 saturated carbocycles. The molecule has 7 heteroatoms. The van der Waals surface area contributed by atoms with Crippen LogP contribution in [0.4, 0.5) is 0 Å². The van der Waals surface area contributed by atoms with Crippen molar-refractivity contribution in [1.29, 1.82) is 0 Å². The maximum Gasteiger partial charge on any atom is 0.165 e. The van der Waals surface area contributed by atoms with E-state index in [0.29, 0.717) is 19.3 Å². The van der Waals surface area contributed by atoms with Gasteiger partial charge in [-0.1, -0.05) is 0 Å². The first-order valence-corrected chi connectivity index (χ1v) is 6.80. The van der Waals surface area contributed by atoms with E-state index in [1.807, 2.05) is 18.5 Å². The summed E-state index contributed by atoms with van der Waals surface area (Å²) < 4.78 is 12.3. The molecule has 1 aromatic heterocycles. The number of rotatable bonds is 11. The van der Waals surface area contributed by atoms with Crippen molar-refractivity contribution in [2.75, 3.05) is 26.9 Å². The van der Waals surface area contributed by atoms with Crippen molar-refractivity contribution >= 4 is 0 Å². The zero-order valence-electron chi connectivity index (χ0n) is 12.1. The van der Waals surface area contributed by atoms with E-state index in [2.05, 4.69) is 20.8 Å². The summed E-state index contributed by atoms with van der Waals surface area (Å²) in [6, 6.07) is 0. The number of ether oxygens (including phenoxy) is 2. The summed E-state index contributed by atoms with van der Waals surface area (Å²) in [5.41, 5.74) is 0. The van der Waals surface area contributed by atoms with Gasteiger partial charge in [0.15, 0.2) is 5.82 Å². The van der Waals surface area contributed by atoms with Crippen LogP contribution in [-0.2, 0) is 22.6 Å². The molecule has 0 aliphatic carbocycles. The summed E-state index contributed by atoms with van der Waals surface area (Å²) in [5, 5.41) is 14.9. The second-order valence-electron chi connectivity index (χ2n) is 4.61.